The van der Waals surface area contributed by atoms with Gasteiger partial charge in [-0.3, -0.25) is 0 Å². The van der Waals surface area contributed by atoms with Gasteiger partial charge in [0.15, 0.2) is 0 Å². The maximum absolute atomic E-state index is 6.96. The number of anilines is 2. The minimum absolute atomic E-state index is 0.684. The molecule has 0 spiro atoms. The van der Waals surface area contributed by atoms with Crippen molar-refractivity contribution in [2.45, 2.75) is 0 Å². The Morgan fingerprint density at radius 3 is 1.34 bits per heavy atom. The van der Waals surface area contributed by atoms with Gasteiger partial charge in [-0.2, -0.15) is 0 Å². The van der Waals surface area contributed by atoms with Crippen LogP contribution in [0.3, 0.4) is 0 Å². The van der Waals surface area contributed by atoms with Gasteiger partial charge in [0.05, 0.1) is 0 Å². The second kappa shape index (κ2) is 14.2. The van der Waals surface area contributed by atoms with E-state index in [9.17, 15) is 0 Å². The Bertz CT molecular complexity index is 1790. The van der Waals surface area contributed by atoms with Gasteiger partial charge in [0.1, 0.15) is 0 Å². The topological polar surface area (TPSA) is 3.24 Å². The van der Waals surface area contributed by atoms with Crippen molar-refractivity contribution in [1.29, 1.82) is 0 Å². The van der Waals surface area contributed by atoms with Crippen LogP contribution in [-0.2, 0) is 0 Å². The third kappa shape index (κ3) is 6.98. The SMILES string of the molecule is Clc1cc(N(C=C(c2ccccc2)c2ccccc2)c2ccccc2)ccc1C=CC=C(c1ccccc1)c1ccccc1. The van der Waals surface area contributed by atoms with Crippen molar-refractivity contribution in [2.24, 2.45) is 0 Å². The van der Waals surface area contributed by atoms with Crippen LogP contribution < -0.4 is 4.90 Å². The molecule has 0 aromatic heterocycles. The van der Waals surface area contributed by atoms with Crippen LogP contribution in [0.25, 0.3) is 17.2 Å². The van der Waals surface area contributed by atoms with E-state index in [1.807, 2.05) is 36.4 Å². The molecule has 0 N–H and O–H groups in total. The largest absolute Gasteiger partial charge is 0.316 e. The number of nitrogens with zero attached hydrogens (tertiary/aromatic N) is 1. The average molecular weight is 586 g/mol. The summed E-state index contributed by atoms with van der Waals surface area (Å²) in [5, 5.41) is 0.684. The zero-order valence-corrected chi connectivity index (χ0v) is 25.1. The predicted molar refractivity (Wildman–Crippen MR) is 189 cm³/mol. The van der Waals surface area contributed by atoms with Crippen molar-refractivity contribution in [1.82, 2.24) is 0 Å². The molecular weight excluding hydrogens is 554 g/mol. The Labute approximate surface area is 265 Å². The molecule has 44 heavy (non-hydrogen) atoms. The van der Waals surface area contributed by atoms with Crippen LogP contribution in [0, 0.1) is 0 Å². The van der Waals surface area contributed by atoms with Crippen LogP contribution in [0.15, 0.2) is 188 Å². The van der Waals surface area contributed by atoms with Crippen molar-refractivity contribution in [2.75, 3.05) is 4.90 Å². The molecule has 0 atom stereocenters. The zero-order chi connectivity index (χ0) is 30.0. The number of allylic oxidation sites excluding steroid dienone is 2. The van der Waals surface area contributed by atoms with Crippen molar-refractivity contribution < 1.29 is 0 Å². The normalized spacial score (nSPS) is 10.8. The molecule has 1 nitrogen and oxygen atoms in total. The van der Waals surface area contributed by atoms with E-state index < -0.39 is 0 Å². The number of hydrogen-bond donors (Lipinski definition) is 0. The van der Waals surface area contributed by atoms with Crippen LogP contribution in [0.1, 0.15) is 27.8 Å². The highest BCUT2D eigenvalue weighted by molar-refractivity contribution is 6.32. The van der Waals surface area contributed by atoms with Crippen LogP contribution in [0.2, 0.25) is 5.02 Å². The molecule has 0 amide bonds. The predicted octanol–water partition coefficient (Wildman–Crippen LogP) is 11.7. The van der Waals surface area contributed by atoms with E-state index in [0.29, 0.717) is 5.02 Å². The summed E-state index contributed by atoms with van der Waals surface area (Å²) in [5.41, 5.74) is 9.89. The second-order valence-electron chi connectivity index (χ2n) is 10.4. The van der Waals surface area contributed by atoms with Crippen molar-refractivity contribution >= 4 is 40.2 Å². The molecule has 212 valence electrons. The number of para-hydroxylation sites is 1. The molecule has 6 rings (SSSR count). The molecule has 0 unspecified atom stereocenters. The summed E-state index contributed by atoms with van der Waals surface area (Å²) in [6.07, 6.45) is 8.50. The Morgan fingerprint density at radius 2 is 0.886 bits per heavy atom. The first-order valence-electron chi connectivity index (χ1n) is 14.7. The van der Waals surface area contributed by atoms with Gasteiger partial charge in [0.25, 0.3) is 0 Å². The summed E-state index contributed by atoms with van der Waals surface area (Å²) in [6, 6.07) is 58.5. The second-order valence-corrected chi connectivity index (χ2v) is 10.8. The van der Waals surface area contributed by atoms with Gasteiger partial charge in [-0.1, -0.05) is 175 Å². The molecule has 2 heteroatoms. The molecule has 0 saturated carbocycles. The van der Waals surface area contributed by atoms with Crippen molar-refractivity contribution in [3.05, 3.63) is 221 Å². The highest BCUT2D eigenvalue weighted by atomic mass is 35.5. The van der Waals surface area contributed by atoms with Gasteiger partial charge in [0.2, 0.25) is 0 Å². The lowest BCUT2D eigenvalue weighted by molar-refractivity contribution is 1.28. The summed E-state index contributed by atoms with van der Waals surface area (Å²) in [6.45, 7) is 0. The van der Waals surface area contributed by atoms with Gasteiger partial charge in [-0.05, 0) is 57.7 Å². The molecular formula is C42H32ClN. The third-order valence-corrected chi connectivity index (χ3v) is 7.76. The van der Waals surface area contributed by atoms with Crippen LogP contribution in [0.4, 0.5) is 11.4 Å². The van der Waals surface area contributed by atoms with Gasteiger partial charge in [-0.15, -0.1) is 0 Å². The Morgan fingerprint density at radius 1 is 0.455 bits per heavy atom. The Balaban J connectivity index is 1.38. The lowest BCUT2D eigenvalue weighted by Crippen LogP contribution is -2.10. The molecule has 0 aliphatic rings. The quantitative estimate of drug-likeness (QED) is 0.152. The van der Waals surface area contributed by atoms with Gasteiger partial charge in [-0.25, -0.2) is 0 Å². The van der Waals surface area contributed by atoms with Crippen molar-refractivity contribution in [3.63, 3.8) is 0 Å². The Kier molecular flexibility index (Phi) is 9.27. The van der Waals surface area contributed by atoms with Crippen LogP contribution in [-0.4, -0.2) is 0 Å². The summed E-state index contributed by atoms with van der Waals surface area (Å²) in [5.74, 6) is 0. The molecule has 0 aliphatic carbocycles. The molecule has 0 radical (unpaired) electrons. The van der Waals surface area contributed by atoms with E-state index in [4.69, 9.17) is 11.6 Å². The zero-order valence-electron chi connectivity index (χ0n) is 24.3. The molecule has 0 saturated heterocycles. The maximum Gasteiger partial charge on any atom is 0.0499 e. The van der Waals surface area contributed by atoms with E-state index in [-0.39, 0.29) is 0 Å². The molecule has 0 fully saturated rings. The van der Waals surface area contributed by atoms with E-state index in [0.717, 1.165) is 39.2 Å². The summed E-state index contributed by atoms with van der Waals surface area (Å²) in [4.78, 5) is 2.21. The maximum atomic E-state index is 6.96. The molecule has 6 aromatic carbocycles. The lowest BCUT2D eigenvalue weighted by Gasteiger charge is -2.24. The fourth-order valence-electron chi connectivity index (χ4n) is 5.21. The average Bonchev–Trinajstić information content (AvgIpc) is 3.10. The minimum atomic E-state index is 0.684. The van der Waals surface area contributed by atoms with E-state index in [2.05, 4.69) is 163 Å². The summed E-state index contributed by atoms with van der Waals surface area (Å²) < 4.78 is 0. The smallest absolute Gasteiger partial charge is 0.0499 e. The first-order valence-corrected chi connectivity index (χ1v) is 15.1. The van der Waals surface area contributed by atoms with Gasteiger partial charge in [0, 0.05) is 28.2 Å². The highest BCUT2D eigenvalue weighted by Crippen LogP contribution is 2.34. The number of rotatable bonds is 9. The monoisotopic (exact) mass is 585 g/mol. The summed E-state index contributed by atoms with van der Waals surface area (Å²) >= 11 is 6.96. The lowest BCUT2D eigenvalue weighted by atomic mass is 9.97. The molecule has 0 heterocycles. The van der Waals surface area contributed by atoms with Gasteiger partial charge >= 0.3 is 0 Å². The molecule has 0 aliphatic heterocycles. The van der Waals surface area contributed by atoms with E-state index in [1.54, 1.807) is 0 Å². The third-order valence-electron chi connectivity index (χ3n) is 7.43. The first kappa shape index (κ1) is 28.7. The fraction of sp³-hybridized carbons (Fsp3) is 0. The summed E-state index contributed by atoms with van der Waals surface area (Å²) in [7, 11) is 0. The van der Waals surface area contributed by atoms with Crippen LogP contribution in [0.5, 0.6) is 0 Å². The Hall–Kier alpha value is -5.37. The molecule has 0 bridgehead atoms. The van der Waals surface area contributed by atoms with E-state index in [1.165, 1.54) is 11.1 Å². The number of benzene rings is 6. The van der Waals surface area contributed by atoms with Gasteiger partial charge < -0.3 is 4.90 Å². The highest BCUT2D eigenvalue weighted by Gasteiger charge is 2.13. The number of hydrogen-bond acceptors (Lipinski definition) is 1. The minimum Gasteiger partial charge on any atom is -0.316 e. The molecule has 6 aromatic rings. The number of halogens is 1. The van der Waals surface area contributed by atoms with Crippen molar-refractivity contribution in [3.8, 4) is 0 Å². The van der Waals surface area contributed by atoms with E-state index >= 15 is 0 Å². The first-order chi connectivity index (χ1) is 21.8. The fourth-order valence-corrected chi connectivity index (χ4v) is 5.45. The standard InChI is InChI=1S/C42H32ClN/c43-42-31-39(30-29-37(42)25-16-28-40(33-17-6-1-7-18-33)34-19-8-2-9-20-34)44(38-26-14-5-15-27-38)32-41(35-21-10-3-11-22-35)36-23-12-4-13-24-36/h1-32H. The van der Waals surface area contributed by atoms with Crippen LogP contribution >= 0.6 is 11.6 Å².